The highest BCUT2D eigenvalue weighted by atomic mass is 19.4. The van der Waals surface area contributed by atoms with Crippen molar-refractivity contribution in [1.29, 1.82) is 0 Å². The van der Waals surface area contributed by atoms with Crippen molar-refractivity contribution >= 4 is 0 Å². The predicted molar refractivity (Wildman–Crippen MR) is 112 cm³/mol. The first-order valence-corrected chi connectivity index (χ1v) is 10.5. The molecule has 3 aromatic carbocycles. The predicted octanol–water partition coefficient (Wildman–Crippen LogP) is 6.97. The topological polar surface area (TPSA) is 21.7 Å². The van der Waals surface area contributed by atoms with Gasteiger partial charge < -0.3 is 4.74 Å². The molecule has 0 N–H and O–H groups in total. The Morgan fingerprint density at radius 1 is 0.706 bits per heavy atom. The van der Waals surface area contributed by atoms with Crippen LogP contribution < -0.4 is 0 Å². The van der Waals surface area contributed by atoms with E-state index >= 15 is 0 Å². The third-order valence-electron chi connectivity index (χ3n) is 5.56. The lowest BCUT2D eigenvalue weighted by molar-refractivity contribution is -0.267. The molecule has 1 saturated heterocycles. The summed E-state index contributed by atoms with van der Waals surface area (Å²) in [6, 6.07) is 19.1. The van der Waals surface area contributed by atoms with Gasteiger partial charge in [-0.15, -0.1) is 0 Å². The van der Waals surface area contributed by atoms with Crippen molar-refractivity contribution < 1.29 is 35.9 Å². The summed E-state index contributed by atoms with van der Waals surface area (Å²) in [7, 11) is 0. The van der Waals surface area contributed by atoms with Gasteiger partial charge in [0, 0.05) is 0 Å². The van der Waals surface area contributed by atoms with E-state index < -0.39 is 42.2 Å². The van der Waals surface area contributed by atoms with Gasteiger partial charge in [-0.3, -0.25) is 4.84 Å². The molecule has 0 amide bonds. The van der Waals surface area contributed by atoms with E-state index in [0.29, 0.717) is 12.1 Å². The molecule has 180 valence electrons. The van der Waals surface area contributed by atoms with Crippen molar-refractivity contribution in [1.82, 2.24) is 5.06 Å². The molecule has 0 aromatic heterocycles. The number of hydrogen-bond donors (Lipinski definition) is 0. The number of halogens is 6. The minimum absolute atomic E-state index is 0.109. The van der Waals surface area contributed by atoms with Crippen LogP contribution in [0.1, 0.15) is 39.9 Å². The van der Waals surface area contributed by atoms with Crippen molar-refractivity contribution in [3.63, 3.8) is 0 Å². The molecule has 1 aliphatic rings. The molecule has 1 aliphatic heterocycles. The Labute approximate surface area is 192 Å². The van der Waals surface area contributed by atoms with Gasteiger partial charge in [-0.1, -0.05) is 60.7 Å². The molecule has 3 nitrogen and oxygen atoms in total. The third-order valence-corrected chi connectivity index (χ3v) is 5.56. The Morgan fingerprint density at radius 2 is 1.15 bits per heavy atom. The van der Waals surface area contributed by atoms with Crippen molar-refractivity contribution in [2.24, 2.45) is 0 Å². The minimum atomic E-state index is -4.92. The molecule has 1 fully saturated rings. The molecule has 0 spiro atoms. The van der Waals surface area contributed by atoms with Gasteiger partial charge in [0.15, 0.2) is 0 Å². The SMILES string of the molecule is FC(F)(F)c1cc(CON2[C@@H](c3ccccc3)COC[C@H]2c2ccccc2)cc(C(F)(F)F)c1. The van der Waals surface area contributed by atoms with E-state index in [1.165, 1.54) is 0 Å². The second-order valence-electron chi connectivity index (χ2n) is 7.94. The van der Waals surface area contributed by atoms with E-state index in [1.807, 2.05) is 60.7 Å². The van der Waals surface area contributed by atoms with Gasteiger partial charge >= 0.3 is 12.4 Å². The fraction of sp³-hybridized carbons (Fsp3) is 0.280. The number of alkyl halides is 6. The quantitative estimate of drug-likeness (QED) is 0.368. The molecule has 0 aliphatic carbocycles. The molecule has 0 saturated carbocycles. The average molecular weight is 481 g/mol. The van der Waals surface area contributed by atoms with E-state index in [-0.39, 0.29) is 24.8 Å². The molecule has 34 heavy (non-hydrogen) atoms. The molecule has 0 bridgehead atoms. The lowest BCUT2D eigenvalue weighted by Gasteiger charge is -2.41. The van der Waals surface area contributed by atoms with Gasteiger partial charge in [-0.25, -0.2) is 0 Å². The van der Waals surface area contributed by atoms with Crippen LogP contribution in [0.4, 0.5) is 26.3 Å². The van der Waals surface area contributed by atoms with E-state index in [4.69, 9.17) is 9.57 Å². The first-order chi connectivity index (χ1) is 16.1. The summed E-state index contributed by atoms with van der Waals surface area (Å²) in [5.41, 5.74) is -1.28. The van der Waals surface area contributed by atoms with Crippen molar-refractivity contribution in [3.8, 4) is 0 Å². The first-order valence-electron chi connectivity index (χ1n) is 10.5. The zero-order valence-corrected chi connectivity index (χ0v) is 17.8. The number of hydroxylamine groups is 2. The maximum Gasteiger partial charge on any atom is 0.416 e. The van der Waals surface area contributed by atoms with Crippen LogP contribution >= 0.6 is 0 Å². The summed E-state index contributed by atoms with van der Waals surface area (Å²) in [6.45, 7) is 0.0349. The van der Waals surface area contributed by atoms with Crippen molar-refractivity contribution in [2.45, 2.75) is 31.0 Å². The number of nitrogens with zero attached hydrogens (tertiary/aromatic N) is 1. The van der Waals surface area contributed by atoms with Crippen LogP contribution in [0.25, 0.3) is 0 Å². The van der Waals surface area contributed by atoms with Gasteiger partial charge in [0.25, 0.3) is 0 Å². The summed E-state index contributed by atoms with van der Waals surface area (Å²) in [5.74, 6) is 0. The summed E-state index contributed by atoms with van der Waals surface area (Å²) in [4.78, 5) is 5.96. The van der Waals surface area contributed by atoms with Gasteiger partial charge in [0.2, 0.25) is 0 Å². The lowest BCUT2D eigenvalue weighted by atomic mass is 10.0. The third kappa shape index (κ3) is 5.60. The van der Waals surface area contributed by atoms with E-state index in [2.05, 4.69) is 0 Å². The first kappa shape index (κ1) is 24.3. The van der Waals surface area contributed by atoms with Gasteiger partial charge in [0.05, 0.1) is 43.0 Å². The maximum absolute atomic E-state index is 13.3. The molecule has 4 rings (SSSR count). The lowest BCUT2D eigenvalue weighted by Crippen LogP contribution is -2.42. The zero-order valence-electron chi connectivity index (χ0n) is 17.8. The monoisotopic (exact) mass is 481 g/mol. The highest BCUT2D eigenvalue weighted by Crippen LogP contribution is 2.38. The normalized spacial score (nSPS) is 19.8. The summed E-state index contributed by atoms with van der Waals surface area (Å²) >= 11 is 0. The molecule has 3 aromatic rings. The highest BCUT2D eigenvalue weighted by molar-refractivity contribution is 5.33. The van der Waals surface area contributed by atoms with E-state index in [9.17, 15) is 26.3 Å². The van der Waals surface area contributed by atoms with Crippen LogP contribution in [0.15, 0.2) is 78.9 Å². The van der Waals surface area contributed by atoms with Crippen molar-refractivity contribution in [2.75, 3.05) is 13.2 Å². The second kappa shape index (κ2) is 9.77. The standard InChI is InChI=1S/C25H21F6NO2/c26-24(27,28)20-11-17(12-21(13-20)25(29,30)31)14-34-32-22(18-7-3-1-4-8-18)15-33-16-23(32)19-9-5-2-6-10-19/h1-13,22-23H,14-16H2/t22-,23+. The number of ether oxygens (including phenoxy) is 1. The molecule has 2 atom stereocenters. The number of hydrogen-bond acceptors (Lipinski definition) is 3. The summed E-state index contributed by atoms with van der Waals surface area (Å²) in [6.07, 6.45) is -9.84. The zero-order chi connectivity index (χ0) is 24.3. The fourth-order valence-corrected chi connectivity index (χ4v) is 3.92. The molecule has 0 radical (unpaired) electrons. The van der Waals surface area contributed by atoms with Gasteiger partial charge in [0.1, 0.15) is 0 Å². The van der Waals surface area contributed by atoms with Crippen molar-refractivity contribution in [3.05, 3.63) is 107 Å². The Morgan fingerprint density at radius 3 is 1.56 bits per heavy atom. The molecule has 0 unspecified atom stereocenters. The summed E-state index contributed by atoms with van der Waals surface area (Å²) < 4.78 is 85.4. The number of rotatable bonds is 5. The summed E-state index contributed by atoms with van der Waals surface area (Å²) in [5, 5.41) is 1.61. The molecular formula is C25H21F6NO2. The van der Waals surface area contributed by atoms with Gasteiger partial charge in [-0.2, -0.15) is 31.4 Å². The Bertz CT molecular complexity index is 1010. The van der Waals surface area contributed by atoms with Crippen LogP contribution in [0.2, 0.25) is 0 Å². The Kier molecular flexibility index (Phi) is 6.97. The second-order valence-corrected chi connectivity index (χ2v) is 7.94. The van der Waals surface area contributed by atoms with E-state index in [1.54, 1.807) is 5.06 Å². The fourth-order valence-electron chi connectivity index (χ4n) is 3.92. The molecule has 9 heteroatoms. The van der Waals surface area contributed by atoms with E-state index in [0.717, 1.165) is 11.1 Å². The van der Waals surface area contributed by atoms with Crippen LogP contribution in [-0.2, 0) is 28.5 Å². The highest BCUT2D eigenvalue weighted by Gasteiger charge is 2.38. The number of morpholine rings is 1. The molecule has 1 heterocycles. The van der Waals surface area contributed by atoms with Crippen LogP contribution in [0.5, 0.6) is 0 Å². The van der Waals surface area contributed by atoms with Crippen LogP contribution in [-0.4, -0.2) is 18.3 Å². The largest absolute Gasteiger partial charge is 0.416 e. The Balaban J connectivity index is 1.67. The molecular weight excluding hydrogens is 460 g/mol. The van der Waals surface area contributed by atoms with Crippen LogP contribution in [0.3, 0.4) is 0 Å². The van der Waals surface area contributed by atoms with Gasteiger partial charge in [-0.05, 0) is 34.9 Å². The smallest absolute Gasteiger partial charge is 0.377 e. The van der Waals surface area contributed by atoms with Crippen LogP contribution in [0, 0.1) is 0 Å². The minimum Gasteiger partial charge on any atom is -0.377 e. The Hall–Kier alpha value is -2.88. The maximum atomic E-state index is 13.3. The average Bonchev–Trinajstić information content (AvgIpc) is 2.82. The number of benzene rings is 3.